The van der Waals surface area contributed by atoms with Crippen LogP contribution in [-0.2, 0) is 16.1 Å². The van der Waals surface area contributed by atoms with Crippen molar-refractivity contribution in [3.63, 3.8) is 0 Å². The molecule has 0 spiro atoms. The van der Waals surface area contributed by atoms with Crippen LogP contribution in [0.25, 0.3) is 0 Å². The van der Waals surface area contributed by atoms with Crippen LogP contribution < -0.4 is 0 Å². The van der Waals surface area contributed by atoms with Crippen molar-refractivity contribution in [2.24, 2.45) is 0 Å². The Morgan fingerprint density at radius 3 is 2.62 bits per heavy atom. The van der Waals surface area contributed by atoms with Gasteiger partial charge in [0.1, 0.15) is 11.6 Å². The van der Waals surface area contributed by atoms with Gasteiger partial charge >= 0.3 is 0 Å². The Morgan fingerprint density at radius 2 is 2.00 bits per heavy atom. The van der Waals surface area contributed by atoms with Crippen LogP contribution in [-0.4, -0.2) is 23.1 Å². The van der Waals surface area contributed by atoms with Gasteiger partial charge in [0.05, 0.1) is 0 Å². The minimum Gasteiger partial charge on any atom is -0.331 e. The number of rotatable bonds is 2. The van der Waals surface area contributed by atoms with Gasteiger partial charge < -0.3 is 4.90 Å². The molecule has 1 amide bonds. The molecule has 16 heavy (non-hydrogen) atoms. The molecule has 1 fully saturated rings. The summed E-state index contributed by atoms with van der Waals surface area (Å²) in [6.45, 7) is 0.210. The lowest BCUT2D eigenvalue weighted by molar-refractivity contribution is -0.140. The topological polar surface area (TPSA) is 37.4 Å². The van der Waals surface area contributed by atoms with Gasteiger partial charge in [-0.05, 0) is 18.2 Å². The van der Waals surface area contributed by atoms with Gasteiger partial charge in [0, 0.05) is 25.1 Å². The summed E-state index contributed by atoms with van der Waals surface area (Å²) in [5, 5.41) is 0. The number of likely N-dealkylation sites (tertiary alicyclic amines) is 1. The fraction of sp³-hybridized carbons (Fsp3) is 0.273. The molecule has 1 saturated heterocycles. The zero-order chi connectivity index (χ0) is 11.7. The molecule has 2 rings (SSSR count). The van der Waals surface area contributed by atoms with Crippen molar-refractivity contribution in [1.29, 1.82) is 0 Å². The van der Waals surface area contributed by atoms with Crippen LogP contribution in [0.4, 0.5) is 8.78 Å². The lowest BCUT2D eigenvalue weighted by atomic mass is 10.2. The molecule has 1 aliphatic rings. The van der Waals surface area contributed by atoms with Crippen LogP contribution in [0, 0.1) is 11.6 Å². The molecule has 1 aromatic carbocycles. The smallest absolute Gasteiger partial charge is 0.290 e. The van der Waals surface area contributed by atoms with Crippen LogP contribution >= 0.6 is 0 Å². The van der Waals surface area contributed by atoms with E-state index in [4.69, 9.17) is 0 Å². The summed E-state index contributed by atoms with van der Waals surface area (Å²) in [5.41, 5.74) is 0.0862. The Bertz CT molecular complexity index is 459. The van der Waals surface area contributed by atoms with E-state index in [9.17, 15) is 18.4 Å². The van der Waals surface area contributed by atoms with E-state index in [1.54, 1.807) is 0 Å². The third kappa shape index (κ3) is 1.93. The first kappa shape index (κ1) is 10.7. The van der Waals surface area contributed by atoms with Gasteiger partial charge in [0.2, 0.25) is 5.78 Å². The van der Waals surface area contributed by atoms with E-state index in [0.29, 0.717) is 0 Å². The molecule has 1 aromatic rings. The molecule has 0 radical (unpaired) electrons. The monoisotopic (exact) mass is 225 g/mol. The molecule has 0 aromatic heterocycles. The molecule has 1 aliphatic heterocycles. The van der Waals surface area contributed by atoms with E-state index in [1.807, 2.05) is 0 Å². The predicted octanol–water partition coefficient (Wildman–Crippen LogP) is 1.27. The number of hydrogen-bond donors (Lipinski definition) is 0. The number of amides is 1. The first-order chi connectivity index (χ1) is 7.58. The third-order valence-corrected chi connectivity index (χ3v) is 2.50. The van der Waals surface area contributed by atoms with E-state index < -0.39 is 23.3 Å². The molecule has 0 aliphatic carbocycles. The zero-order valence-corrected chi connectivity index (χ0v) is 8.37. The van der Waals surface area contributed by atoms with Crippen molar-refractivity contribution < 1.29 is 18.4 Å². The highest BCUT2D eigenvalue weighted by Crippen LogP contribution is 2.15. The average Bonchev–Trinajstić information content (AvgIpc) is 2.55. The lowest BCUT2D eigenvalue weighted by Gasteiger charge is -2.14. The van der Waals surface area contributed by atoms with Crippen LogP contribution in [0.2, 0.25) is 0 Å². The minimum absolute atomic E-state index is 0.0613. The average molecular weight is 225 g/mol. The van der Waals surface area contributed by atoms with Gasteiger partial charge in [-0.2, -0.15) is 0 Å². The van der Waals surface area contributed by atoms with Crippen molar-refractivity contribution in [3.05, 3.63) is 35.4 Å². The Morgan fingerprint density at radius 1 is 1.25 bits per heavy atom. The van der Waals surface area contributed by atoms with Gasteiger partial charge in [0.15, 0.2) is 0 Å². The van der Waals surface area contributed by atoms with Crippen LogP contribution in [0.5, 0.6) is 0 Å². The first-order valence-electron chi connectivity index (χ1n) is 4.84. The number of halogens is 2. The summed E-state index contributed by atoms with van der Waals surface area (Å²) in [6, 6.07) is 3.05. The summed E-state index contributed by atoms with van der Waals surface area (Å²) < 4.78 is 26.1. The van der Waals surface area contributed by atoms with Gasteiger partial charge in [-0.3, -0.25) is 9.59 Å². The second-order valence-electron chi connectivity index (χ2n) is 3.64. The quantitative estimate of drug-likeness (QED) is 0.711. The van der Waals surface area contributed by atoms with Gasteiger partial charge in [-0.25, -0.2) is 8.78 Å². The molecule has 3 nitrogen and oxygen atoms in total. The van der Waals surface area contributed by atoms with E-state index in [0.717, 1.165) is 18.2 Å². The largest absolute Gasteiger partial charge is 0.331 e. The van der Waals surface area contributed by atoms with Crippen LogP contribution in [0.1, 0.15) is 12.0 Å². The minimum atomic E-state index is -0.622. The van der Waals surface area contributed by atoms with Crippen molar-refractivity contribution in [2.75, 3.05) is 6.54 Å². The summed E-state index contributed by atoms with van der Waals surface area (Å²) in [7, 11) is 0. The highest BCUT2D eigenvalue weighted by Gasteiger charge is 2.29. The van der Waals surface area contributed by atoms with Gasteiger partial charge in [0.25, 0.3) is 5.91 Å². The number of carbonyl (C=O) groups excluding carboxylic acids is 2. The second-order valence-corrected chi connectivity index (χ2v) is 3.64. The van der Waals surface area contributed by atoms with Crippen molar-refractivity contribution in [3.8, 4) is 0 Å². The van der Waals surface area contributed by atoms with E-state index in [-0.39, 0.29) is 25.1 Å². The van der Waals surface area contributed by atoms with E-state index >= 15 is 0 Å². The molecule has 84 valence electrons. The maximum absolute atomic E-state index is 13.3. The predicted molar refractivity (Wildman–Crippen MR) is 51.4 cm³/mol. The lowest BCUT2D eigenvalue weighted by Crippen LogP contribution is -2.27. The number of hydrogen-bond acceptors (Lipinski definition) is 2. The molecule has 0 atom stereocenters. The first-order valence-corrected chi connectivity index (χ1v) is 4.84. The Labute approximate surface area is 90.7 Å². The number of ketones is 1. The van der Waals surface area contributed by atoms with Crippen molar-refractivity contribution in [1.82, 2.24) is 4.90 Å². The molecule has 0 saturated carbocycles. The highest BCUT2D eigenvalue weighted by molar-refractivity contribution is 6.37. The molecule has 0 N–H and O–H groups in total. The molecule has 0 unspecified atom stereocenters. The second kappa shape index (κ2) is 4.00. The molecular weight excluding hydrogens is 216 g/mol. The third-order valence-electron chi connectivity index (χ3n) is 2.50. The van der Waals surface area contributed by atoms with Crippen molar-refractivity contribution >= 4 is 11.7 Å². The SMILES string of the molecule is O=C1CCN(Cc2cc(F)ccc2F)C1=O. The maximum Gasteiger partial charge on any atom is 0.290 e. The number of carbonyl (C=O) groups is 2. The normalized spacial score (nSPS) is 16.0. The van der Waals surface area contributed by atoms with Crippen molar-refractivity contribution in [2.45, 2.75) is 13.0 Å². The number of nitrogens with zero attached hydrogens (tertiary/aromatic N) is 1. The molecular formula is C11H9F2NO2. The maximum atomic E-state index is 13.3. The van der Waals surface area contributed by atoms with E-state index in [2.05, 4.69) is 0 Å². The Balaban J connectivity index is 2.18. The van der Waals surface area contributed by atoms with Crippen LogP contribution in [0.15, 0.2) is 18.2 Å². The summed E-state index contributed by atoms with van der Waals surface area (Å²) in [6.07, 6.45) is 0.149. The number of Topliss-reactive ketones (excluding diaryl/α,β-unsaturated/α-hetero) is 1. The summed E-state index contributed by atoms with van der Waals surface area (Å²) in [5.74, 6) is -2.23. The summed E-state index contributed by atoms with van der Waals surface area (Å²) in [4.78, 5) is 23.5. The fourth-order valence-electron chi connectivity index (χ4n) is 1.64. The fourth-order valence-corrected chi connectivity index (χ4v) is 1.64. The summed E-state index contributed by atoms with van der Waals surface area (Å²) >= 11 is 0. The highest BCUT2D eigenvalue weighted by atomic mass is 19.1. The Hall–Kier alpha value is -1.78. The molecule has 5 heteroatoms. The Kier molecular flexibility index (Phi) is 2.68. The molecule has 1 heterocycles. The molecule has 0 bridgehead atoms. The van der Waals surface area contributed by atoms with E-state index in [1.165, 1.54) is 4.90 Å². The zero-order valence-electron chi connectivity index (χ0n) is 8.37. The standard InChI is InChI=1S/C11H9F2NO2/c12-8-1-2-9(13)7(5-8)6-14-4-3-10(15)11(14)16/h1-2,5H,3-4,6H2. The van der Waals surface area contributed by atoms with Gasteiger partial charge in [-0.1, -0.05) is 0 Å². The van der Waals surface area contributed by atoms with Crippen LogP contribution in [0.3, 0.4) is 0 Å². The number of benzene rings is 1. The van der Waals surface area contributed by atoms with Gasteiger partial charge in [-0.15, -0.1) is 0 Å².